The normalized spacial score (nSPS) is 19.6. The maximum absolute atomic E-state index is 11.5. The Kier molecular flexibility index (Phi) is 4.02. The van der Waals surface area contributed by atoms with Gasteiger partial charge in [-0.25, -0.2) is 9.59 Å². The summed E-state index contributed by atoms with van der Waals surface area (Å²) in [4.78, 5) is 24.2. The molecule has 1 amide bonds. The molecule has 1 N–H and O–H groups in total. The van der Waals surface area contributed by atoms with Crippen LogP contribution in [0.25, 0.3) is 11.1 Å². The van der Waals surface area contributed by atoms with E-state index >= 15 is 0 Å². The molecule has 0 aromatic heterocycles. The van der Waals surface area contributed by atoms with Crippen molar-refractivity contribution in [3.05, 3.63) is 60.2 Å². The number of benzene rings is 2. The second kappa shape index (κ2) is 6.12. The molecule has 5 nitrogen and oxygen atoms in total. The molecule has 0 bridgehead atoms. The van der Waals surface area contributed by atoms with Gasteiger partial charge in [0.15, 0.2) is 6.04 Å². The smallest absolute Gasteiger partial charge is 0.408 e. The lowest BCUT2D eigenvalue weighted by Gasteiger charge is -2.39. The van der Waals surface area contributed by atoms with Crippen molar-refractivity contribution >= 4 is 12.1 Å². The fourth-order valence-electron chi connectivity index (χ4n) is 2.78. The summed E-state index contributed by atoms with van der Waals surface area (Å²) in [6.07, 6.45) is -1.53. The van der Waals surface area contributed by atoms with E-state index in [0.29, 0.717) is 0 Å². The van der Waals surface area contributed by atoms with Crippen molar-refractivity contribution in [2.24, 2.45) is 0 Å². The molecule has 1 aliphatic rings. The Morgan fingerprint density at radius 1 is 1.13 bits per heavy atom. The van der Waals surface area contributed by atoms with Gasteiger partial charge < -0.3 is 9.84 Å². The van der Waals surface area contributed by atoms with Gasteiger partial charge >= 0.3 is 12.1 Å². The third-order valence-electron chi connectivity index (χ3n) is 3.96. The number of carbonyl (C=O) groups excluding carboxylic acids is 1. The van der Waals surface area contributed by atoms with E-state index < -0.39 is 24.2 Å². The maximum Gasteiger partial charge on any atom is 0.408 e. The minimum Gasteiger partial charge on any atom is -0.465 e. The molecule has 2 atom stereocenters. The van der Waals surface area contributed by atoms with Gasteiger partial charge in [0.25, 0.3) is 0 Å². The number of nitrogens with zero attached hydrogens (tertiary/aromatic N) is 1. The molecule has 1 fully saturated rings. The van der Waals surface area contributed by atoms with Gasteiger partial charge in [-0.05, 0) is 29.7 Å². The first-order valence-electron chi connectivity index (χ1n) is 7.40. The number of amides is 1. The van der Waals surface area contributed by atoms with Gasteiger partial charge in [0.1, 0.15) is 6.10 Å². The van der Waals surface area contributed by atoms with Crippen LogP contribution in [0.15, 0.2) is 54.6 Å². The van der Waals surface area contributed by atoms with Crippen LogP contribution < -0.4 is 0 Å². The van der Waals surface area contributed by atoms with Crippen LogP contribution in [0.5, 0.6) is 0 Å². The standard InChI is InChI=1S/C18H17NO4/c1-12-16(17(20)23-12)19(18(21)22)11-13-6-5-9-15(10-13)14-7-3-2-4-8-14/h2-10,12,16H,11H2,1H3,(H,21,22)/t12-,16+/m0/s1. The molecular formula is C18H17NO4. The third kappa shape index (κ3) is 3.04. The molecular weight excluding hydrogens is 294 g/mol. The van der Waals surface area contributed by atoms with E-state index in [-0.39, 0.29) is 6.54 Å². The summed E-state index contributed by atoms with van der Waals surface area (Å²) in [5.41, 5.74) is 2.91. The first-order chi connectivity index (χ1) is 11.1. The summed E-state index contributed by atoms with van der Waals surface area (Å²) in [7, 11) is 0. The Bertz CT molecular complexity index is 729. The summed E-state index contributed by atoms with van der Waals surface area (Å²) >= 11 is 0. The average molecular weight is 311 g/mol. The SMILES string of the molecule is C[C@@H]1OC(=O)[C@@H]1N(Cc1cccc(-c2ccccc2)c1)C(=O)O. The van der Waals surface area contributed by atoms with E-state index in [1.807, 2.05) is 54.6 Å². The van der Waals surface area contributed by atoms with Crippen LogP contribution in [0.3, 0.4) is 0 Å². The molecule has 0 spiro atoms. The van der Waals surface area contributed by atoms with Crippen molar-refractivity contribution in [2.75, 3.05) is 0 Å². The van der Waals surface area contributed by atoms with Crippen molar-refractivity contribution < 1.29 is 19.4 Å². The van der Waals surface area contributed by atoms with Crippen LogP contribution in [-0.4, -0.2) is 34.2 Å². The predicted octanol–water partition coefficient (Wildman–Crippen LogP) is 3.15. The Balaban J connectivity index is 1.84. The number of hydrogen-bond acceptors (Lipinski definition) is 3. The van der Waals surface area contributed by atoms with Crippen molar-refractivity contribution in [3.8, 4) is 11.1 Å². The highest BCUT2D eigenvalue weighted by Crippen LogP contribution is 2.25. The van der Waals surface area contributed by atoms with Gasteiger partial charge in [-0.3, -0.25) is 4.90 Å². The molecule has 0 radical (unpaired) electrons. The minimum absolute atomic E-state index is 0.153. The topological polar surface area (TPSA) is 66.8 Å². The maximum atomic E-state index is 11.5. The molecule has 2 aromatic rings. The van der Waals surface area contributed by atoms with Crippen molar-refractivity contribution in [2.45, 2.75) is 25.6 Å². The highest BCUT2D eigenvalue weighted by atomic mass is 16.6. The largest absolute Gasteiger partial charge is 0.465 e. The molecule has 2 aromatic carbocycles. The number of esters is 1. The zero-order chi connectivity index (χ0) is 16.4. The summed E-state index contributed by atoms with van der Waals surface area (Å²) in [5, 5.41) is 9.41. The van der Waals surface area contributed by atoms with E-state index in [1.165, 1.54) is 0 Å². The van der Waals surface area contributed by atoms with E-state index in [2.05, 4.69) is 0 Å². The quantitative estimate of drug-likeness (QED) is 0.881. The van der Waals surface area contributed by atoms with Gasteiger partial charge in [0.05, 0.1) is 6.54 Å². The van der Waals surface area contributed by atoms with Crippen LogP contribution >= 0.6 is 0 Å². The number of ether oxygens (including phenoxy) is 1. The van der Waals surface area contributed by atoms with Crippen LogP contribution in [0, 0.1) is 0 Å². The molecule has 5 heteroatoms. The van der Waals surface area contributed by atoms with Gasteiger partial charge in [-0.1, -0.05) is 48.5 Å². The number of carboxylic acid groups (broad SMARTS) is 1. The lowest BCUT2D eigenvalue weighted by molar-refractivity contribution is -0.183. The Hall–Kier alpha value is -2.82. The second-order valence-electron chi connectivity index (χ2n) is 5.56. The fraction of sp³-hybridized carbons (Fsp3) is 0.222. The molecule has 1 heterocycles. The lowest BCUT2D eigenvalue weighted by atomic mass is 10.0. The fourth-order valence-corrected chi connectivity index (χ4v) is 2.78. The number of carbonyl (C=O) groups is 2. The first-order valence-corrected chi connectivity index (χ1v) is 7.40. The first kappa shape index (κ1) is 15.1. The van der Waals surface area contributed by atoms with Crippen molar-refractivity contribution in [1.29, 1.82) is 0 Å². The summed E-state index contributed by atoms with van der Waals surface area (Å²) in [5.74, 6) is -0.487. The number of hydrogen-bond donors (Lipinski definition) is 1. The summed E-state index contributed by atoms with van der Waals surface area (Å²) in [6.45, 7) is 1.85. The molecule has 0 saturated carbocycles. The highest BCUT2D eigenvalue weighted by molar-refractivity contribution is 5.86. The van der Waals surface area contributed by atoms with E-state index in [1.54, 1.807) is 6.92 Å². The van der Waals surface area contributed by atoms with Crippen molar-refractivity contribution in [1.82, 2.24) is 4.90 Å². The predicted molar refractivity (Wildman–Crippen MR) is 84.8 cm³/mol. The number of cyclic esters (lactones) is 1. The van der Waals surface area contributed by atoms with Gasteiger partial charge in [0, 0.05) is 0 Å². The van der Waals surface area contributed by atoms with Crippen LogP contribution in [-0.2, 0) is 16.1 Å². The Morgan fingerprint density at radius 2 is 1.83 bits per heavy atom. The Labute approximate surface area is 134 Å². The van der Waals surface area contributed by atoms with Crippen molar-refractivity contribution in [3.63, 3.8) is 0 Å². The van der Waals surface area contributed by atoms with E-state index in [4.69, 9.17) is 4.74 Å². The van der Waals surface area contributed by atoms with Crippen LogP contribution in [0.4, 0.5) is 4.79 Å². The van der Waals surface area contributed by atoms with E-state index in [0.717, 1.165) is 21.6 Å². The zero-order valence-corrected chi connectivity index (χ0v) is 12.7. The minimum atomic E-state index is -1.12. The van der Waals surface area contributed by atoms with E-state index in [9.17, 15) is 14.7 Å². The second-order valence-corrected chi connectivity index (χ2v) is 5.56. The number of rotatable bonds is 4. The molecule has 1 aliphatic heterocycles. The lowest BCUT2D eigenvalue weighted by Crippen LogP contribution is -2.59. The van der Waals surface area contributed by atoms with Gasteiger partial charge in [-0.15, -0.1) is 0 Å². The van der Waals surface area contributed by atoms with Crippen LogP contribution in [0.2, 0.25) is 0 Å². The third-order valence-corrected chi connectivity index (χ3v) is 3.96. The van der Waals surface area contributed by atoms with Crippen LogP contribution in [0.1, 0.15) is 12.5 Å². The zero-order valence-electron chi connectivity index (χ0n) is 12.7. The Morgan fingerprint density at radius 3 is 2.43 bits per heavy atom. The molecule has 1 saturated heterocycles. The summed E-state index contributed by atoms with van der Waals surface area (Å²) < 4.78 is 4.87. The monoisotopic (exact) mass is 311 g/mol. The average Bonchev–Trinajstić information content (AvgIpc) is 2.55. The molecule has 23 heavy (non-hydrogen) atoms. The molecule has 118 valence electrons. The van der Waals surface area contributed by atoms with Gasteiger partial charge in [-0.2, -0.15) is 0 Å². The highest BCUT2D eigenvalue weighted by Gasteiger charge is 2.45. The summed E-state index contributed by atoms with van der Waals surface area (Å²) in [6, 6.07) is 16.8. The molecule has 3 rings (SSSR count). The molecule has 0 unspecified atom stereocenters. The van der Waals surface area contributed by atoms with Gasteiger partial charge in [0.2, 0.25) is 0 Å². The molecule has 0 aliphatic carbocycles.